The highest BCUT2D eigenvalue weighted by Crippen LogP contribution is 2.39. The van der Waals surface area contributed by atoms with Gasteiger partial charge in [0.1, 0.15) is 4.88 Å². The van der Waals surface area contributed by atoms with Crippen LogP contribution in [-0.2, 0) is 0 Å². The van der Waals surface area contributed by atoms with Crippen molar-refractivity contribution in [2.75, 3.05) is 0 Å². The van der Waals surface area contributed by atoms with Crippen LogP contribution in [0.5, 0.6) is 0 Å². The number of carboxylic acids is 1. The van der Waals surface area contributed by atoms with Gasteiger partial charge < -0.3 is 5.11 Å². The predicted octanol–water partition coefficient (Wildman–Crippen LogP) is 2.71. The van der Waals surface area contributed by atoms with E-state index in [0.29, 0.717) is 10.8 Å². The largest absolute Gasteiger partial charge is 0.477 e. The first-order chi connectivity index (χ1) is 5.77. The second kappa shape index (κ2) is 2.90. The molecule has 2 rings (SSSR count). The Balaban J connectivity index is 2.17. The molecule has 64 valence electrons. The lowest BCUT2D eigenvalue weighted by Gasteiger charge is -2.23. The van der Waals surface area contributed by atoms with Crippen molar-refractivity contribution in [2.45, 2.75) is 25.2 Å². The van der Waals surface area contributed by atoms with Gasteiger partial charge in [0, 0.05) is 4.88 Å². The van der Waals surface area contributed by atoms with Crippen LogP contribution in [0.1, 0.15) is 39.7 Å². The average Bonchev–Trinajstić information content (AvgIpc) is 2.32. The molecule has 1 aromatic heterocycles. The monoisotopic (exact) mass is 182 g/mol. The molecule has 0 atom stereocenters. The first-order valence-corrected chi connectivity index (χ1v) is 4.92. The third-order valence-corrected chi connectivity index (χ3v) is 3.58. The molecule has 0 bridgehead atoms. The Kier molecular flexibility index (Phi) is 1.89. The summed E-state index contributed by atoms with van der Waals surface area (Å²) in [4.78, 5) is 12.3. The molecule has 0 radical (unpaired) electrons. The van der Waals surface area contributed by atoms with E-state index in [4.69, 9.17) is 5.11 Å². The number of aromatic carboxylic acids is 1. The van der Waals surface area contributed by atoms with Crippen molar-refractivity contribution < 1.29 is 9.90 Å². The zero-order valence-corrected chi connectivity index (χ0v) is 7.43. The highest BCUT2D eigenvalue weighted by Gasteiger charge is 2.21. The zero-order valence-electron chi connectivity index (χ0n) is 6.62. The molecule has 1 aromatic rings. The van der Waals surface area contributed by atoms with Crippen LogP contribution in [0, 0.1) is 0 Å². The molecule has 0 saturated heterocycles. The third-order valence-electron chi connectivity index (χ3n) is 2.35. The SMILES string of the molecule is O=C(O)c1ccc(C2CCC2)s1. The summed E-state index contributed by atoms with van der Waals surface area (Å²) in [7, 11) is 0. The first kappa shape index (κ1) is 7.80. The molecule has 1 N–H and O–H groups in total. The Morgan fingerprint density at radius 3 is 2.67 bits per heavy atom. The van der Waals surface area contributed by atoms with Crippen LogP contribution in [0.4, 0.5) is 0 Å². The van der Waals surface area contributed by atoms with Crippen LogP contribution in [0.3, 0.4) is 0 Å². The fraction of sp³-hybridized carbons (Fsp3) is 0.444. The Hall–Kier alpha value is -0.830. The van der Waals surface area contributed by atoms with Crippen LogP contribution in [0.25, 0.3) is 0 Å². The molecule has 1 saturated carbocycles. The van der Waals surface area contributed by atoms with E-state index in [1.165, 1.54) is 35.5 Å². The summed E-state index contributed by atoms with van der Waals surface area (Å²) in [5, 5.41) is 8.68. The van der Waals surface area contributed by atoms with Gasteiger partial charge >= 0.3 is 5.97 Å². The maximum absolute atomic E-state index is 10.6. The Morgan fingerprint density at radius 1 is 1.50 bits per heavy atom. The van der Waals surface area contributed by atoms with Crippen molar-refractivity contribution in [2.24, 2.45) is 0 Å². The summed E-state index contributed by atoms with van der Waals surface area (Å²) in [6, 6.07) is 3.67. The van der Waals surface area contributed by atoms with E-state index >= 15 is 0 Å². The molecule has 1 aliphatic rings. The number of rotatable bonds is 2. The van der Waals surface area contributed by atoms with E-state index in [1.807, 2.05) is 6.07 Å². The van der Waals surface area contributed by atoms with E-state index in [2.05, 4.69) is 0 Å². The Bertz CT molecular complexity index is 299. The summed E-state index contributed by atoms with van der Waals surface area (Å²) in [5.41, 5.74) is 0. The summed E-state index contributed by atoms with van der Waals surface area (Å²) in [6.45, 7) is 0. The highest BCUT2D eigenvalue weighted by atomic mass is 32.1. The van der Waals surface area contributed by atoms with E-state index in [-0.39, 0.29) is 0 Å². The standard InChI is InChI=1S/C9H10O2S/c10-9(11)8-5-4-7(12-8)6-2-1-3-6/h4-6H,1-3H2,(H,10,11). The van der Waals surface area contributed by atoms with E-state index in [9.17, 15) is 4.79 Å². The molecule has 0 aromatic carbocycles. The quantitative estimate of drug-likeness (QED) is 0.763. The van der Waals surface area contributed by atoms with Crippen LogP contribution < -0.4 is 0 Å². The van der Waals surface area contributed by atoms with E-state index in [0.717, 1.165) is 0 Å². The van der Waals surface area contributed by atoms with Gasteiger partial charge in [0.25, 0.3) is 0 Å². The van der Waals surface area contributed by atoms with Gasteiger partial charge in [-0.05, 0) is 30.9 Å². The van der Waals surface area contributed by atoms with Crippen LogP contribution in [0.2, 0.25) is 0 Å². The van der Waals surface area contributed by atoms with Crippen molar-refractivity contribution in [3.8, 4) is 0 Å². The molecule has 0 aliphatic heterocycles. The molecule has 12 heavy (non-hydrogen) atoms. The summed E-state index contributed by atoms with van der Waals surface area (Å²) in [5.74, 6) is -0.145. The molecule has 0 amide bonds. The molecular weight excluding hydrogens is 172 g/mol. The van der Waals surface area contributed by atoms with Gasteiger partial charge in [-0.25, -0.2) is 4.79 Å². The summed E-state index contributed by atoms with van der Waals surface area (Å²) in [6.07, 6.45) is 3.77. The second-order valence-corrected chi connectivity index (χ2v) is 4.25. The van der Waals surface area contributed by atoms with Crippen molar-refractivity contribution in [3.05, 3.63) is 21.9 Å². The van der Waals surface area contributed by atoms with Crippen molar-refractivity contribution in [1.29, 1.82) is 0 Å². The zero-order chi connectivity index (χ0) is 8.55. The van der Waals surface area contributed by atoms with Gasteiger partial charge in [0.2, 0.25) is 0 Å². The van der Waals surface area contributed by atoms with Gasteiger partial charge in [-0.15, -0.1) is 11.3 Å². The normalized spacial score (nSPS) is 17.3. The first-order valence-electron chi connectivity index (χ1n) is 4.10. The molecule has 2 nitrogen and oxygen atoms in total. The Morgan fingerprint density at radius 2 is 2.25 bits per heavy atom. The summed E-state index contributed by atoms with van der Waals surface area (Å²) < 4.78 is 0. The van der Waals surface area contributed by atoms with Crippen LogP contribution in [-0.4, -0.2) is 11.1 Å². The van der Waals surface area contributed by atoms with E-state index < -0.39 is 5.97 Å². The Labute approximate surface area is 74.8 Å². The van der Waals surface area contributed by atoms with Crippen LogP contribution in [0.15, 0.2) is 12.1 Å². The minimum Gasteiger partial charge on any atom is -0.477 e. The maximum Gasteiger partial charge on any atom is 0.345 e. The molecule has 0 spiro atoms. The highest BCUT2D eigenvalue weighted by molar-refractivity contribution is 7.14. The number of carboxylic acid groups (broad SMARTS) is 1. The fourth-order valence-electron chi connectivity index (χ4n) is 1.38. The molecule has 3 heteroatoms. The minimum atomic E-state index is -0.800. The second-order valence-electron chi connectivity index (χ2n) is 3.13. The number of hydrogen-bond acceptors (Lipinski definition) is 2. The van der Waals surface area contributed by atoms with Gasteiger partial charge in [-0.1, -0.05) is 6.42 Å². The number of hydrogen-bond donors (Lipinski definition) is 1. The smallest absolute Gasteiger partial charge is 0.345 e. The van der Waals surface area contributed by atoms with Crippen molar-refractivity contribution in [3.63, 3.8) is 0 Å². The van der Waals surface area contributed by atoms with Crippen molar-refractivity contribution >= 4 is 17.3 Å². The molecule has 1 heterocycles. The van der Waals surface area contributed by atoms with Gasteiger partial charge in [-0.2, -0.15) is 0 Å². The lowest BCUT2D eigenvalue weighted by Crippen LogP contribution is -2.06. The molecule has 1 aliphatic carbocycles. The third kappa shape index (κ3) is 1.25. The molecule has 0 unspecified atom stereocenters. The fourth-order valence-corrected chi connectivity index (χ4v) is 2.40. The van der Waals surface area contributed by atoms with Crippen LogP contribution >= 0.6 is 11.3 Å². The van der Waals surface area contributed by atoms with E-state index in [1.54, 1.807) is 6.07 Å². The van der Waals surface area contributed by atoms with Gasteiger partial charge in [0.15, 0.2) is 0 Å². The van der Waals surface area contributed by atoms with Crippen molar-refractivity contribution in [1.82, 2.24) is 0 Å². The van der Waals surface area contributed by atoms with Gasteiger partial charge in [-0.3, -0.25) is 0 Å². The average molecular weight is 182 g/mol. The lowest BCUT2D eigenvalue weighted by molar-refractivity contribution is 0.0702. The topological polar surface area (TPSA) is 37.3 Å². The minimum absolute atomic E-state index is 0.469. The lowest BCUT2D eigenvalue weighted by atomic mass is 9.84. The summed E-state index contributed by atoms with van der Waals surface area (Å²) >= 11 is 1.43. The molecular formula is C9H10O2S. The molecule has 1 fully saturated rings. The number of carbonyl (C=O) groups is 1. The number of thiophene rings is 1. The van der Waals surface area contributed by atoms with Gasteiger partial charge in [0.05, 0.1) is 0 Å². The maximum atomic E-state index is 10.6. The predicted molar refractivity (Wildman–Crippen MR) is 47.9 cm³/mol.